The number of hydrogen-bond donors (Lipinski definition) is 1. The molecule has 0 spiro atoms. The van der Waals surface area contributed by atoms with Gasteiger partial charge in [-0.05, 0) is 6.07 Å². The van der Waals surface area contributed by atoms with E-state index in [-0.39, 0.29) is 5.56 Å². The first-order valence-electron chi connectivity index (χ1n) is 5.18. The van der Waals surface area contributed by atoms with Crippen LogP contribution in [0.2, 0.25) is 0 Å². The van der Waals surface area contributed by atoms with Crippen molar-refractivity contribution in [2.24, 2.45) is 0 Å². The third-order valence-electron chi connectivity index (χ3n) is 2.27. The predicted octanol–water partition coefficient (Wildman–Crippen LogP) is 1.96. The number of hydrogen-bond acceptors (Lipinski definition) is 3. The molecule has 0 aliphatic heterocycles. The number of aromatic nitrogens is 3. The number of nitrogens with one attached hydrogen (secondary N) is 1. The highest BCUT2D eigenvalue weighted by Gasteiger charge is 2.03. The van der Waals surface area contributed by atoms with E-state index >= 15 is 0 Å². The molecular formula is C12H13N3O. The first-order valence-corrected chi connectivity index (χ1v) is 5.18. The van der Waals surface area contributed by atoms with E-state index in [4.69, 9.17) is 0 Å². The fraction of sp³-hybridized carbons (Fsp3) is 0.250. The van der Waals surface area contributed by atoms with Crippen LogP contribution in [-0.2, 0) is 0 Å². The fourth-order valence-corrected chi connectivity index (χ4v) is 1.39. The molecule has 2 rings (SSSR count). The Morgan fingerprint density at radius 1 is 1.19 bits per heavy atom. The maximum Gasteiger partial charge on any atom is 0.248 e. The van der Waals surface area contributed by atoms with Crippen LogP contribution < -0.4 is 5.56 Å². The zero-order valence-corrected chi connectivity index (χ0v) is 9.27. The molecule has 0 bridgehead atoms. The average Bonchev–Trinajstić information content (AvgIpc) is 2.29. The number of H-pyrrole nitrogens is 1. The van der Waals surface area contributed by atoms with Crippen molar-refractivity contribution in [1.29, 1.82) is 0 Å². The van der Waals surface area contributed by atoms with Crippen molar-refractivity contribution in [3.63, 3.8) is 0 Å². The van der Waals surface area contributed by atoms with Crippen LogP contribution in [-0.4, -0.2) is 15.0 Å². The van der Waals surface area contributed by atoms with Gasteiger partial charge in [-0.25, -0.2) is 9.97 Å². The van der Waals surface area contributed by atoms with Crippen molar-refractivity contribution in [1.82, 2.24) is 15.0 Å². The Balaban J connectivity index is 2.38. The standard InChI is InChI=1S/C12H13N3O/c1-8(2)12-13-6-9(7-14-12)10-4-3-5-11(16)15-10/h3-8H,1-2H3,(H,15,16). The molecule has 0 atom stereocenters. The van der Waals surface area contributed by atoms with Crippen molar-refractivity contribution < 1.29 is 0 Å². The smallest absolute Gasteiger partial charge is 0.248 e. The van der Waals surface area contributed by atoms with Crippen LogP contribution in [0.15, 0.2) is 35.4 Å². The summed E-state index contributed by atoms with van der Waals surface area (Å²) < 4.78 is 0. The molecule has 0 amide bonds. The number of pyridine rings is 1. The molecule has 0 unspecified atom stereocenters. The van der Waals surface area contributed by atoms with Gasteiger partial charge in [0.2, 0.25) is 5.56 Å². The van der Waals surface area contributed by atoms with E-state index in [1.807, 2.05) is 19.9 Å². The maximum atomic E-state index is 11.1. The lowest BCUT2D eigenvalue weighted by molar-refractivity contribution is 0.774. The molecule has 0 aliphatic carbocycles. The summed E-state index contributed by atoms with van der Waals surface area (Å²) in [6.45, 7) is 4.08. The molecule has 2 aromatic heterocycles. The molecule has 0 aliphatic rings. The van der Waals surface area contributed by atoms with Crippen LogP contribution >= 0.6 is 0 Å². The van der Waals surface area contributed by atoms with Crippen molar-refractivity contribution >= 4 is 0 Å². The Morgan fingerprint density at radius 2 is 1.88 bits per heavy atom. The second-order valence-corrected chi connectivity index (χ2v) is 3.91. The summed E-state index contributed by atoms with van der Waals surface area (Å²) in [5, 5.41) is 0. The van der Waals surface area contributed by atoms with E-state index in [0.717, 1.165) is 17.1 Å². The Hall–Kier alpha value is -1.97. The second-order valence-electron chi connectivity index (χ2n) is 3.91. The zero-order valence-electron chi connectivity index (χ0n) is 9.27. The highest BCUT2D eigenvalue weighted by atomic mass is 16.1. The third-order valence-corrected chi connectivity index (χ3v) is 2.27. The summed E-state index contributed by atoms with van der Waals surface area (Å²) in [6.07, 6.45) is 3.46. The van der Waals surface area contributed by atoms with Crippen LogP contribution in [0.5, 0.6) is 0 Å². The first-order chi connectivity index (χ1) is 7.66. The minimum atomic E-state index is -0.120. The van der Waals surface area contributed by atoms with Gasteiger partial charge < -0.3 is 4.98 Å². The lowest BCUT2D eigenvalue weighted by atomic mass is 10.2. The number of nitrogens with zero attached hydrogens (tertiary/aromatic N) is 2. The van der Waals surface area contributed by atoms with Gasteiger partial charge in [-0.15, -0.1) is 0 Å². The van der Waals surface area contributed by atoms with Gasteiger partial charge in [-0.1, -0.05) is 19.9 Å². The lowest BCUT2D eigenvalue weighted by Gasteiger charge is -2.04. The van der Waals surface area contributed by atoms with Crippen molar-refractivity contribution in [3.8, 4) is 11.3 Å². The van der Waals surface area contributed by atoms with Gasteiger partial charge in [0.15, 0.2) is 0 Å². The average molecular weight is 215 g/mol. The fourth-order valence-electron chi connectivity index (χ4n) is 1.39. The summed E-state index contributed by atoms with van der Waals surface area (Å²) in [5.74, 6) is 1.12. The van der Waals surface area contributed by atoms with Crippen molar-refractivity contribution in [3.05, 3.63) is 46.8 Å². The third kappa shape index (κ3) is 2.16. The first kappa shape index (κ1) is 10.5. The molecule has 4 heteroatoms. The summed E-state index contributed by atoms with van der Waals surface area (Å²) in [4.78, 5) is 22.4. The molecule has 2 heterocycles. The zero-order chi connectivity index (χ0) is 11.5. The normalized spacial score (nSPS) is 10.7. The van der Waals surface area contributed by atoms with Crippen LogP contribution in [0.4, 0.5) is 0 Å². The molecule has 2 aromatic rings. The molecule has 1 N–H and O–H groups in total. The molecule has 0 radical (unpaired) electrons. The predicted molar refractivity (Wildman–Crippen MR) is 62.2 cm³/mol. The van der Waals surface area contributed by atoms with E-state index in [1.165, 1.54) is 6.07 Å². The molecule has 0 aromatic carbocycles. The Kier molecular flexibility index (Phi) is 2.81. The molecule has 4 nitrogen and oxygen atoms in total. The maximum absolute atomic E-state index is 11.1. The SMILES string of the molecule is CC(C)c1ncc(-c2cccc(=O)[nH]2)cn1. The van der Waals surface area contributed by atoms with Gasteiger partial charge in [-0.2, -0.15) is 0 Å². The second kappa shape index (κ2) is 4.26. The topological polar surface area (TPSA) is 58.6 Å². The summed E-state index contributed by atoms with van der Waals surface area (Å²) in [6, 6.07) is 5.02. The molecule has 16 heavy (non-hydrogen) atoms. The van der Waals surface area contributed by atoms with Crippen LogP contribution in [0.1, 0.15) is 25.6 Å². The van der Waals surface area contributed by atoms with Gasteiger partial charge in [0.1, 0.15) is 5.82 Å². The van der Waals surface area contributed by atoms with Gasteiger partial charge in [-0.3, -0.25) is 4.79 Å². The lowest BCUT2D eigenvalue weighted by Crippen LogP contribution is -2.04. The van der Waals surface area contributed by atoms with E-state index in [0.29, 0.717) is 5.92 Å². The molecule has 82 valence electrons. The molecule has 0 saturated heterocycles. The summed E-state index contributed by atoms with van der Waals surface area (Å²) >= 11 is 0. The minimum Gasteiger partial charge on any atom is -0.322 e. The summed E-state index contributed by atoms with van der Waals surface area (Å²) in [7, 11) is 0. The minimum absolute atomic E-state index is 0.120. The van der Waals surface area contributed by atoms with Gasteiger partial charge in [0, 0.05) is 29.9 Å². The van der Waals surface area contributed by atoms with E-state index in [9.17, 15) is 4.79 Å². The van der Waals surface area contributed by atoms with Crippen molar-refractivity contribution in [2.45, 2.75) is 19.8 Å². The largest absolute Gasteiger partial charge is 0.322 e. The van der Waals surface area contributed by atoms with E-state index in [1.54, 1.807) is 18.5 Å². The highest BCUT2D eigenvalue weighted by Crippen LogP contribution is 2.14. The van der Waals surface area contributed by atoms with E-state index < -0.39 is 0 Å². The van der Waals surface area contributed by atoms with Crippen LogP contribution in [0.3, 0.4) is 0 Å². The molecule has 0 fully saturated rings. The quantitative estimate of drug-likeness (QED) is 0.833. The van der Waals surface area contributed by atoms with Crippen molar-refractivity contribution in [2.75, 3.05) is 0 Å². The van der Waals surface area contributed by atoms with Gasteiger partial charge in [0.25, 0.3) is 0 Å². The summed E-state index contributed by atoms with van der Waals surface area (Å²) in [5.41, 5.74) is 1.44. The number of aromatic amines is 1. The Morgan fingerprint density at radius 3 is 2.44 bits per heavy atom. The van der Waals surface area contributed by atoms with Crippen LogP contribution in [0.25, 0.3) is 11.3 Å². The monoisotopic (exact) mass is 215 g/mol. The van der Waals surface area contributed by atoms with Gasteiger partial charge >= 0.3 is 0 Å². The van der Waals surface area contributed by atoms with Gasteiger partial charge in [0.05, 0.1) is 5.69 Å². The molecular weight excluding hydrogens is 202 g/mol. The van der Waals surface area contributed by atoms with E-state index in [2.05, 4.69) is 15.0 Å². The van der Waals surface area contributed by atoms with Crippen LogP contribution in [0, 0.1) is 0 Å². The Bertz CT molecular complexity index is 528. The number of rotatable bonds is 2. The highest BCUT2D eigenvalue weighted by molar-refractivity contribution is 5.55. The molecule has 0 saturated carbocycles. The Labute approximate surface area is 93.4 Å².